The van der Waals surface area contributed by atoms with Gasteiger partial charge < -0.3 is 10.6 Å². The van der Waals surface area contributed by atoms with Crippen LogP contribution < -0.4 is 10.6 Å². The van der Waals surface area contributed by atoms with Crippen molar-refractivity contribution in [2.75, 3.05) is 23.7 Å². The fourth-order valence-electron chi connectivity index (χ4n) is 1.85. The maximum Gasteiger partial charge on any atom is 0.0424 e. The molecule has 14 heavy (non-hydrogen) atoms. The Morgan fingerprint density at radius 2 is 2.00 bits per heavy atom. The van der Waals surface area contributed by atoms with E-state index in [2.05, 4.69) is 36.1 Å². The molecule has 0 atom stereocenters. The third-order valence-corrected chi connectivity index (χ3v) is 2.65. The Balaban J connectivity index is 2.34. The molecule has 2 heteroatoms. The van der Waals surface area contributed by atoms with Gasteiger partial charge in [-0.2, -0.15) is 0 Å². The van der Waals surface area contributed by atoms with Crippen LogP contribution in [0, 0.1) is 0 Å². The summed E-state index contributed by atoms with van der Waals surface area (Å²) in [5.74, 6) is 0. The minimum atomic E-state index is 0.851. The summed E-state index contributed by atoms with van der Waals surface area (Å²) in [4.78, 5) is 2.34. The normalized spacial score (nSPS) is 15.1. The van der Waals surface area contributed by atoms with Gasteiger partial charge >= 0.3 is 0 Å². The average molecular weight is 188 g/mol. The van der Waals surface area contributed by atoms with Crippen molar-refractivity contribution < 1.29 is 0 Å². The lowest BCUT2D eigenvalue weighted by molar-refractivity contribution is 0.979. The molecule has 74 valence electrons. The molecule has 0 saturated carbocycles. The van der Waals surface area contributed by atoms with Crippen LogP contribution in [0.2, 0.25) is 0 Å². The fraction of sp³-hybridized carbons (Fsp3) is 0.333. The smallest absolute Gasteiger partial charge is 0.0424 e. The maximum atomic E-state index is 5.80. The van der Waals surface area contributed by atoms with Crippen LogP contribution in [0.3, 0.4) is 0 Å². The Morgan fingerprint density at radius 1 is 1.29 bits per heavy atom. The Kier molecular flexibility index (Phi) is 2.44. The van der Waals surface area contributed by atoms with Crippen LogP contribution in [-0.4, -0.2) is 13.1 Å². The van der Waals surface area contributed by atoms with E-state index in [1.165, 1.54) is 11.3 Å². The van der Waals surface area contributed by atoms with Gasteiger partial charge in [-0.25, -0.2) is 0 Å². The highest BCUT2D eigenvalue weighted by atomic mass is 15.1. The first-order chi connectivity index (χ1) is 6.81. The summed E-state index contributed by atoms with van der Waals surface area (Å²) >= 11 is 0. The second-order valence-electron chi connectivity index (χ2n) is 3.62. The van der Waals surface area contributed by atoms with E-state index in [0.29, 0.717) is 0 Å². The topological polar surface area (TPSA) is 29.3 Å². The lowest BCUT2D eigenvalue weighted by Gasteiger charge is -2.21. The number of nitrogens with zero attached hydrogens (tertiary/aromatic N) is 1. The van der Waals surface area contributed by atoms with E-state index in [4.69, 9.17) is 5.73 Å². The van der Waals surface area contributed by atoms with Crippen LogP contribution in [0.15, 0.2) is 30.4 Å². The Hall–Kier alpha value is -1.44. The molecule has 2 N–H and O–H groups in total. The highest BCUT2D eigenvalue weighted by molar-refractivity contribution is 5.62. The first kappa shape index (κ1) is 9.13. The number of anilines is 2. The Morgan fingerprint density at radius 3 is 2.64 bits per heavy atom. The lowest BCUT2D eigenvalue weighted by atomic mass is 10.1. The quantitative estimate of drug-likeness (QED) is 0.569. The molecule has 0 radical (unpaired) electrons. The Labute approximate surface area is 85.0 Å². The minimum absolute atomic E-state index is 0.851. The molecule has 0 saturated heterocycles. The summed E-state index contributed by atoms with van der Waals surface area (Å²) in [6.45, 7) is 4.20. The third kappa shape index (κ3) is 1.60. The molecule has 1 aromatic carbocycles. The Bertz CT molecular complexity index is 347. The average Bonchev–Trinajstić information content (AvgIpc) is 2.70. The minimum Gasteiger partial charge on any atom is -0.399 e. The molecule has 0 spiro atoms. The van der Waals surface area contributed by atoms with Crippen LogP contribution >= 0.6 is 0 Å². The predicted molar refractivity (Wildman–Crippen MR) is 61.6 cm³/mol. The van der Waals surface area contributed by atoms with Gasteiger partial charge in [-0.3, -0.25) is 0 Å². The molecule has 2 rings (SSSR count). The van der Waals surface area contributed by atoms with Gasteiger partial charge in [0.1, 0.15) is 0 Å². The number of rotatable bonds is 2. The van der Waals surface area contributed by atoms with E-state index in [9.17, 15) is 0 Å². The zero-order valence-electron chi connectivity index (χ0n) is 8.53. The van der Waals surface area contributed by atoms with Gasteiger partial charge in [0, 0.05) is 24.5 Å². The van der Waals surface area contributed by atoms with Crippen molar-refractivity contribution in [3.8, 4) is 0 Å². The molecule has 1 aromatic rings. The summed E-state index contributed by atoms with van der Waals surface area (Å²) in [7, 11) is 0. The van der Waals surface area contributed by atoms with E-state index >= 15 is 0 Å². The van der Waals surface area contributed by atoms with Crippen LogP contribution in [-0.2, 0) is 6.42 Å². The summed E-state index contributed by atoms with van der Waals surface area (Å²) < 4.78 is 0. The monoisotopic (exact) mass is 188 g/mol. The van der Waals surface area contributed by atoms with Crippen molar-refractivity contribution in [2.45, 2.75) is 13.3 Å². The largest absolute Gasteiger partial charge is 0.399 e. The van der Waals surface area contributed by atoms with E-state index in [-0.39, 0.29) is 0 Å². The van der Waals surface area contributed by atoms with Crippen LogP contribution in [0.1, 0.15) is 12.5 Å². The van der Waals surface area contributed by atoms with Crippen molar-refractivity contribution in [1.82, 2.24) is 0 Å². The molecule has 1 aliphatic heterocycles. The first-order valence-electron chi connectivity index (χ1n) is 5.09. The second-order valence-corrected chi connectivity index (χ2v) is 3.62. The summed E-state index contributed by atoms with van der Waals surface area (Å²) in [6, 6.07) is 6.18. The summed E-state index contributed by atoms with van der Waals surface area (Å²) in [6.07, 6.45) is 5.46. The van der Waals surface area contributed by atoms with Gasteiger partial charge in [-0.1, -0.05) is 25.1 Å². The molecular weight excluding hydrogens is 172 g/mol. The lowest BCUT2D eigenvalue weighted by Crippen LogP contribution is -2.20. The highest BCUT2D eigenvalue weighted by Gasteiger charge is 2.11. The number of benzene rings is 1. The highest BCUT2D eigenvalue weighted by Crippen LogP contribution is 2.25. The van der Waals surface area contributed by atoms with Crippen molar-refractivity contribution >= 4 is 11.4 Å². The van der Waals surface area contributed by atoms with E-state index in [1.807, 2.05) is 6.07 Å². The standard InChI is InChI=1S/C12H16N2/c1-2-10-5-6-11(13)9-12(10)14-7-3-4-8-14/h3-6,9H,2,7-8,13H2,1H3. The summed E-state index contributed by atoms with van der Waals surface area (Å²) in [5, 5.41) is 0. The van der Waals surface area contributed by atoms with Crippen LogP contribution in [0.4, 0.5) is 11.4 Å². The van der Waals surface area contributed by atoms with E-state index in [0.717, 1.165) is 25.2 Å². The van der Waals surface area contributed by atoms with Crippen molar-refractivity contribution in [3.63, 3.8) is 0 Å². The molecule has 0 aliphatic carbocycles. The van der Waals surface area contributed by atoms with Crippen LogP contribution in [0.25, 0.3) is 0 Å². The van der Waals surface area contributed by atoms with Crippen LogP contribution in [0.5, 0.6) is 0 Å². The van der Waals surface area contributed by atoms with Crippen molar-refractivity contribution in [1.29, 1.82) is 0 Å². The van der Waals surface area contributed by atoms with E-state index < -0.39 is 0 Å². The van der Waals surface area contributed by atoms with Crippen molar-refractivity contribution in [3.05, 3.63) is 35.9 Å². The molecule has 1 heterocycles. The van der Waals surface area contributed by atoms with Gasteiger partial charge in [0.05, 0.1) is 0 Å². The molecule has 2 nitrogen and oxygen atoms in total. The van der Waals surface area contributed by atoms with E-state index in [1.54, 1.807) is 0 Å². The van der Waals surface area contributed by atoms with Gasteiger partial charge in [0.15, 0.2) is 0 Å². The number of hydrogen-bond acceptors (Lipinski definition) is 2. The van der Waals surface area contributed by atoms with Gasteiger partial charge in [0.25, 0.3) is 0 Å². The molecule has 1 aliphatic rings. The zero-order chi connectivity index (χ0) is 9.97. The molecule has 0 aromatic heterocycles. The van der Waals surface area contributed by atoms with Crippen molar-refractivity contribution in [2.24, 2.45) is 0 Å². The maximum absolute atomic E-state index is 5.80. The second kappa shape index (κ2) is 3.74. The van der Waals surface area contributed by atoms with Gasteiger partial charge in [-0.05, 0) is 24.1 Å². The third-order valence-electron chi connectivity index (χ3n) is 2.65. The molecule has 0 bridgehead atoms. The molecular formula is C12H16N2. The predicted octanol–water partition coefficient (Wildman–Crippen LogP) is 2.21. The first-order valence-corrected chi connectivity index (χ1v) is 5.09. The number of nitrogens with two attached hydrogens (primary N) is 1. The summed E-state index contributed by atoms with van der Waals surface area (Å²) in [5.41, 5.74) is 9.32. The SMILES string of the molecule is CCc1ccc(N)cc1N1CC=CC1. The fourth-order valence-corrected chi connectivity index (χ4v) is 1.85. The molecule has 0 fully saturated rings. The number of hydrogen-bond donors (Lipinski definition) is 1. The number of nitrogen functional groups attached to an aromatic ring is 1. The van der Waals surface area contributed by atoms with Gasteiger partial charge in [0.2, 0.25) is 0 Å². The molecule has 0 amide bonds. The van der Waals surface area contributed by atoms with Gasteiger partial charge in [-0.15, -0.1) is 0 Å². The zero-order valence-corrected chi connectivity index (χ0v) is 8.53. The molecule has 0 unspecified atom stereocenters. The number of aryl methyl sites for hydroxylation is 1.